The van der Waals surface area contributed by atoms with Crippen LogP contribution in [0, 0.1) is 5.92 Å². The minimum Gasteiger partial charge on any atom is -0.394 e. The fourth-order valence-corrected chi connectivity index (χ4v) is 4.01. The highest BCUT2D eigenvalue weighted by Gasteiger charge is 2.23. The Hall–Kier alpha value is 0.110. The lowest BCUT2D eigenvalue weighted by atomic mass is 10.1. The Kier molecular flexibility index (Phi) is 10.00. The van der Waals surface area contributed by atoms with Crippen molar-refractivity contribution in [3.63, 3.8) is 0 Å². The molecule has 0 rings (SSSR count). The number of hydrogen-bond donors (Lipinski definition) is 2. The molecule has 0 aromatic heterocycles. The van der Waals surface area contributed by atoms with Gasteiger partial charge in [0.1, 0.15) is 0 Å². The molecule has 0 aromatic carbocycles. The molecule has 0 amide bonds. The first kappa shape index (κ1) is 20.1. The minimum absolute atomic E-state index is 0.0272. The third-order valence-corrected chi connectivity index (χ3v) is 5.61. The zero-order chi connectivity index (χ0) is 15.6. The molecule has 0 heterocycles. The maximum Gasteiger partial charge on any atom is 0.204 e. The van der Waals surface area contributed by atoms with E-state index in [2.05, 4.69) is 39.9 Å². The van der Waals surface area contributed by atoms with Gasteiger partial charge in [-0.3, -0.25) is 4.57 Å². The molecule has 0 aliphatic carbocycles. The predicted molar refractivity (Wildman–Crippen MR) is 86.8 cm³/mol. The summed E-state index contributed by atoms with van der Waals surface area (Å²) in [5.41, 5.74) is 0.0272. The highest BCUT2D eigenvalue weighted by atomic mass is 31.2. The van der Waals surface area contributed by atoms with Gasteiger partial charge >= 0.3 is 0 Å². The molecule has 2 N–H and O–H groups in total. The van der Waals surface area contributed by atoms with Gasteiger partial charge in [-0.05, 0) is 33.1 Å². The summed E-state index contributed by atoms with van der Waals surface area (Å²) in [5.74, 6) is 0.690. The maximum absolute atomic E-state index is 12.7. The van der Waals surface area contributed by atoms with E-state index in [0.29, 0.717) is 24.8 Å². The number of nitrogens with one attached hydrogen (secondary N) is 1. The smallest absolute Gasteiger partial charge is 0.204 e. The van der Waals surface area contributed by atoms with Gasteiger partial charge in [0.2, 0.25) is 7.37 Å². The van der Waals surface area contributed by atoms with Crippen LogP contribution < -0.4 is 5.32 Å². The second-order valence-corrected chi connectivity index (χ2v) is 9.67. The van der Waals surface area contributed by atoms with E-state index in [1.165, 1.54) is 6.42 Å². The zero-order valence-corrected chi connectivity index (χ0v) is 14.8. The van der Waals surface area contributed by atoms with Crippen molar-refractivity contribution in [2.24, 2.45) is 5.92 Å². The first-order chi connectivity index (χ1) is 9.18. The van der Waals surface area contributed by atoms with Gasteiger partial charge in [0.25, 0.3) is 0 Å². The van der Waals surface area contributed by atoms with E-state index in [9.17, 15) is 4.57 Å². The summed E-state index contributed by atoms with van der Waals surface area (Å²) < 4.78 is 18.2. The van der Waals surface area contributed by atoms with Crippen molar-refractivity contribution in [2.75, 3.05) is 32.1 Å². The quantitative estimate of drug-likeness (QED) is 0.453. The van der Waals surface area contributed by atoms with Gasteiger partial charge < -0.3 is 14.9 Å². The Labute approximate surface area is 125 Å². The summed E-state index contributed by atoms with van der Waals surface area (Å²) >= 11 is 0. The Balaban J connectivity index is 4.17. The molecule has 5 heteroatoms. The topological polar surface area (TPSA) is 58.6 Å². The normalized spacial score (nSPS) is 15.6. The molecule has 122 valence electrons. The zero-order valence-electron chi connectivity index (χ0n) is 13.9. The van der Waals surface area contributed by atoms with Crippen molar-refractivity contribution in [1.82, 2.24) is 5.32 Å². The largest absolute Gasteiger partial charge is 0.394 e. The van der Waals surface area contributed by atoms with Gasteiger partial charge in [-0.2, -0.15) is 0 Å². The number of rotatable bonds is 11. The lowest BCUT2D eigenvalue weighted by Gasteiger charge is -2.23. The van der Waals surface area contributed by atoms with Crippen LogP contribution in [0.15, 0.2) is 0 Å². The molecule has 0 radical (unpaired) electrons. The van der Waals surface area contributed by atoms with Crippen LogP contribution in [0.5, 0.6) is 0 Å². The highest BCUT2D eigenvalue weighted by molar-refractivity contribution is 7.59. The molecule has 0 aliphatic rings. The van der Waals surface area contributed by atoms with Gasteiger partial charge in [-0.25, -0.2) is 0 Å². The minimum atomic E-state index is -2.60. The van der Waals surface area contributed by atoms with Crippen LogP contribution in [0.3, 0.4) is 0 Å². The second kappa shape index (κ2) is 9.94. The van der Waals surface area contributed by atoms with Crippen LogP contribution in [0.4, 0.5) is 0 Å². The van der Waals surface area contributed by atoms with Crippen LogP contribution in [-0.2, 0) is 9.09 Å². The van der Waals surface area contributed by atoms with Crippen LogP contribution in [0.2, 0.25) is 0 Å². The molecule has 4 nitrogen and oxygen atoms in total. The van der Waals surface area contributed by atoms with Crippen molar-refractivity contribution in [3.8, 4) is 0 Å². The number of hydrogen-bond acceptors (Lipinski definition) is 4. The fraction of sp³-hybridized carbons (Fsp3) is 1.00. The molecule has 0 aliphatic heterocycles. The average molecular weight is 307 g/mol. The fourth-order valence-electron chi connectivity index (χ4n) is 1.95. The van der Waals surface area contributed by atoms with E-state index in [-0.39, 0.29) is 18.8 Å². The van der Waals surface area contributed by atoms with Gasteiger partial charge in [-0.1, -0.05) is 26.7 Å². The van der Waals surface area contributed by atoms with Gasteiger partial charge in [0, 0.05) is 24.4 Å². The standard InChI is InChI=1S/C15H34NO3P/c1-14(2)8-6-7-12-20(18,19-11-10-17)13-9-16-15(3,4)5/h14,16-17H,6-13H2,1-5H3. The van der Waals surface area contributed by atoms with E-state index >= 15 is 0 Å². The molecule has 0 aromatic rings. The van der Waals surface area contributed by atoms with Crippen molar-refractivity contribution in [3.05, 3.63) is 0 Å². The predicted octanol–water partition coefficient (Wildman–Crippen LogP) is 3.49. The highest BCUT2D eigenvalue weighted by Crippen LogP contribution is 2.47. The summed E-state index contributed by atoms with van der Waals surface area (Å²) in [6.07, 6.45) is 4.38. The molecule has 0 fully saturated rings. The summed E-state index contributed by atoms with van der Waals surface area (Å²) in [5, 5.41) is 12.2. The molecule has 0 saturated carbocycles. The summed E-state index contributed by atoms with van der Waals surface area (Å²) in [6, 6.07) is 0. The van der Waals surface area contributed by atoms with Gasteiger partial charge in [0.15, 0.2) is 0 Å². The average Bonchev–Trinajstić information content (AvgIpc) is 2.30. The lowest BCUT2D eigenvalue weighted by molar-refractivity contribution is 0.202. The SMILES string of the molecule is CC(C)CCCCP(=O)(CCNC(C)(C)C)OCCO. The Morgan fingerprint density at radius 1 is 1.20 bits per heavy atom. The molecule has 0 bridgehead atoms. The van der Waals surface area contributed by atoms with Gasteiger partial charge in [-0.15, -0.1) is 0 Å². The molecule has 0 saturated heterocycles. The molecular formula is C15H34NO3P. The van der Waals surface area contributed by atoms with Crippen LogP contribution in [0.25, 0.3) is 0 Å². The lowest BCUT2D eigenvalue weighted by Crippen LogP contribution is -2.37. The summed E-state index contributed by atoms with van der Waals surface area (Å²) in [6.45, 7) is 11.5. The van der Waals surface area contributed by atoms with E-state index in [0.717, 1.165) is 12.8 Å². The van der Waals surface area contributed by atoms with Crippen LogP contribution in [0.1, 0.15) is 53.9 Å². The second-order valence-electron chi connectivity index (χ2n) is 6.88. The monoisotopic (exact) mass is 307 g/mol. The van der Waals surface area contributed by atoms with Gasteiger partial charge in [0.05, 0.1) is 13.2 Å². The molecule has 1 unspecified atom stereocenters. The van der Waals surface area contributed by atoms with E-state index in [1.807, 2.05) is 0 Å². The first-order valence-electron chi connectivity index (χ1n) is 7.77. The number of aliphatic hydroxyl groups is 1. The Bertz CT molecular complexity index is 287. The third kappa shape index (κ3) is 11.9. The molecule has 0 spiro atoms. The van der Waals surface area contributed by atoms with Crippen molar-refractivity contribution >= 4 is 7.37 Å². The Morgan fingerprint density at radius 2 is 1.85 bits per heavy atom. The molecular weight excluding hydrogens is 273 g/mol. The van der Waals surface area contributed by atoms with E-state index in [4.69, 9.17) is 9.63 Å². The summed E-state index contributed by atoms with van der Waals surface area (Å²) in [7, 11) is -2.60. The maximum atomic E-state index is 12.7. The van der Waals surface area contributed by atoms with Crippen molar-refractivity contribution in [1.29, 1.82) is 0 Å². The number of unbranched alkanes of at least 4 members (excludes halogenated alkanes) is 1. The van der Waals surface area contributed by atoms with Crippen LogP contribution >= 0.6 is 7.37 Å². The first-order valence-corrected chi connectivity index (χ1v) is 9.76. The Morgan fingerprint density at radius 3 is 2.35 bits per heavy atom. The molecule has 1 atom stereocenters. The van der Waals surface area contributed by atoms with Crippen molar-refractivity contribution in [2.45, 2.75) is 59.4 Å². The van der Waals surface area contributed by atoms with E-state index in [1.54, 1.807) is 0 Å². The van der Waals surface area contributed by atoms with Crippen molar-refractivity contribution < 1.29 is 14.2 Å². The molecule has 20 heavy (non-hydrogen) atoms. The van der Waals surface area contributed by atoms with E-state index < -0.39 is 7.37 Å². The third-order valence-electron chi connectivity index (χ3n) is 3.06. The van der Waals surface area contributed by atoms with Crippen LogP contribution in [-0.4, -0.2) is 42.7 Å². The number of aliphatic hydroxyl groups excluding tert-OH is 1. The summed E-state index contributed by atoms with van der Waals surface area (Å²) in [4.78, 5) is 0.